The van der Waals surface area contributed by atoms with Crippen molar-refractivity contribution < 1.29 is 8.78 Å². The fourth-order valence-corrected chi connectivity index (χ4v) is 2.84. The summed E-state index contributed by atoms with van der Waals surface area (Å²) in [5, 5.41) is 9.22. The monoisotopic (exact) mass is 402 g/mol. The molecule has 8 nitrogen and oxygen atoms in total. The van der Waals surface area contributed by atoms with Crippen molar-refractivity contribution in [2.45, 2.75) is 32.1 Å². The van der Waals surface area contributed by atoms with E-state index in [1.165, 1.54) is 0 Å². The second-order valence-corrected chi connectivity index (χ2v) is 6.24. The highest BCUT2D eigenvalue weighted by molar-refractivity contribution is 5.94. The van der Waals surface area contributed by atoms with Crippen molar-refractivity contribution in [3.8, 4) is 0 Å². The van der Waals surface area contributed by atoms with E-state index in [9.17, 15) is 8.78 Å². The highest BCUT2D eigenvalue weighted by Gasteiger charge is 2.35. The number of rotatable bonds is 6. The number of alkyl halides is 2. The van der Waals surface area contributed by atoms with Gasteiger partial charge in [0.1, 0.15) is 11.0 Å². The Morgan fingerprint density at radius 1 is 0.963 bits per heavy atom. The number of fused-ring (bicyclic) bond motifs is 1. The van der Waals surface area contributed by atoms with Crippen LogP contribution in [0.1, 0.15) is 26.2 Å². The van der Waals surface area contributed by atoms with Crippen molar-refractivity contribution in [3.63, 3.8) is 0 Å². The Balaban J connectivity index is 0.00000261. The predicted octanol–water partition coefficient (Wildman–Crippen LogP) is 2.98. The van der Waals surface area contributed by atoms with Crippen LogP contribution in [0.4, 0.5) is 32.3 Å². The van der Waals surface area contributed by atoms with Gasteiger partial charge in [0.05, 0.1) is 0 Å². The van der Waals surface area contributed by atoms with Gasteiger partial charge in [0.25, 0.3) is 5.92 Å². The summed E-state index contributed by atoms with van der Waals surface area (Å²) in [7, 11) is 3.50. The number of nitrogens with zero attached hydrogens (tertiary/aromatic N) is 5. The smallest absolute Gasteiger partial charge is 0.251 e. The van der Waals surface area contributed by atoms with Gasteiger partial charge in [-0.25, -0.2) is 18.7 Å². The molecule has 0 bridgehead atoms. The first-order chi connectivity index (χ1) is 12.5. The number of piperidine rings is 1. The van der Waals surface area contributed by atoms with Gasteiger partial charge in [0, 0.05) is 46.6 Å². The highest BCUT2D eigenvalue weighted by Crippen LogP contribution is 2.32. The molecule has 3 N–H and O–H groups in total. The quantitative estimate of drug-likeness (QED) is 0.679. The molecule has 1 aliphatic rings. The second kappa shape index (κ2) is 8.64. The van der Waals surface area contributed by atoms with E-state index in [0.29, 0.717) is 34.6 Å². The van der Waals surface area contributed by atoms with Crippen LogP contribution >= 0.6 is 12.4 Å². The molecule has 0 radical (unpaired) electrons. The van der Waals surface area contributed by atoms with Crippen molar-refractivity contribution in [3.05, 3.63) is 0 Å². The summed E-state index contributed by atoms with van der Waals surface area (Å²) in [4.78, 5) is 19.8. The molecular formula is C16H25ClF2N8. The van der Waals surface area contributed by atoms with Gasteiger partial charge in [-0.1, -0.05) is 6.92 Å². The molecule has 0 saturated carbocycles. The van der Waals surface area contributed by atoms with Gasteiger partial charge in [0.2, 0.25) is 11.9 Å². The SMILES string of the molecule is CCCNc1nc(NC)c2nc(N3CCC(F)(F)CC3)nc(NC)c2n1.Cl. The molecule has 150 valence electrons. The predicted molar refractivity (Wildman–Crippen MR) is 107 cm³/mol. The van der Waals surface area contributed by atoms with Crippen LogP contribution in [-0.2, 0) is 0 Å². The summed E-state index contributed by atoms with van der Waals surface area (Å²) in [5.41, 5.74) is 1.14. The molecule has 2 aromatic rings. The minimum atomic E-state index is -2.61. The first-order valence-electron chi connectivity index (χ1n) is 8.79. The lowest BCUT2D eigenvalue weighted by molar-refractivity contribution is -0.0222. The topological polar surface area (TPSA) is 90.9 Å². The summed E-state index contributed by atoms with van der Waals surface area (Å²) >= 11 is 0. The lowest BCUT2D eigenvalue weighted by Crippen LogP contribution is -2.40. The zero-order valence-electron chi connectivity index (χ0n) is 15.6. The van der Waals surface area contributed by atoms with Crippen LogP contribution in [0.25, 0.3) is 11.0 Å². The van der Waals surface area contributed by atoms with Crippen molar-refractivity contribution >= 4 is 47.0 Å². The van der Waals surface area contributed by atoms with Crippen molar-refractivity contribution in [1.29, 1.82) is 0 Å². The average Bonchev–Trinajstić information content (AvgIpc) is 2.64. The first-order valence-corrected chi connectivity index (χ1v) is 8.79. The van der Waals surface area contributed by atoms with Crippen LogP contribution < -0.4 is 20.9 Å². The van der Waals surface area contributed by atoms with E-state index in [1.807, 2.05) is 0 Å². The van der Waals surface area contributed by atoms with E-state index in [0.717, 1.165) is 13.0 Å². The molecular weight excluding hydrogens is 378 g/mol. The van der Waals surface area contributed by atoms with Gasteiger partial charge in [0.15, 0.2) is 11.6 Å². The van der Waals surface area contributed by atoms with Crippen LogP contribution in [0.2, 0.25) is 0 Å². The minimum absolute atomic E-state index is 0. The minimum Gasteiger partial charge on any atom is -0.371 e. The van der Waals surface area contributed by atoms with Gasteiger partial charge in [-0.05, 0) is 6.42 Å². The molecule has 27 heavy (non-hydrogen) atoms. The molecule has 1 saturated heterocycles. The number of hydrogen-bond acceptors (Lipinski definition) is 8. The van der Waals surface area contributed by atoms with Crippen molar-refractivity contribution in [2.75, 3.05) is 54.6 Å². The number of anilines is 4. The normalized spacial score (nSPS) is 16.0. The molecule has 11 heteroatoms. The van der Waals surface area contributed by atoms with Gasteiger partial charge in [-0.3, -0.25) is 0 Å². The van der Waals surface area contributed by atoms with Gasteiger partial charge in [-0.2, -0.15) is 9.97 Å². The molecule has 3 rings (SSSR count). The molecule has 0 unspecified atom stereocenters. The highest BCUT2D eigenvalue weighted by atomic mass is 35.5. The summed E-state index contributed by atoms with van der Waals surface area (Å²) < 4.78 is 26.9. The molecule has 1 aliphatic heterocycles. The number of halogens is 3. The Labute approximate surface area is 163 Å². The van der Waals surface area contributed by atoms with E-state index in [2.05, 4.69) is 42.8 Å². The van der Waals surface area contributed by atoms with Crippen LogP contribution in [0.3, 0.4) is 0 Å². The summed E-state index contributed by atoms with van der Waals surface area (Å²) in [6.45, 7) is 3.25. The maximum Gasteiger partial charge on any atom is 0.251 e. The van der Waals surface area contributed by atoms with Gasteiger partial charge < -0.3 is 20.9 Å². The maximum absolute atomic E-state index is 13.4. The second-order valence-electron chi connectivity index (χ2n) is 6.24. The zero-order chi connectivity index (χ0) is 18.7. The Morgan fingerprint density at radius 3 is 2.15 bits per heavy atom. The summed E-state index contributed by atoms with van der Waals surface area (Å²) in [5.74, 6) is -0.601. The first kappa shape index (κ1) is 21.1. The molecule has 1 fully saturated rings. The largest absolute Gasteiger partial charge is 0.371 e. The van der Waals surface area contributed by atoms with Crippen molar-refractivity contribution in [2.24, 2.45) is 0 Å². The molecule has 0 amide bonds. The van der Waals surface area contributed by atoms with Gasteiger partial charge >= 0.3 is 0 Å². The third-order valence-corrected chi connectivity index (χ3v) is 4.32. The Hall–Kier alpha value is -2.23. The molecule has 0 aliphatic carbocycles. The molecule has 0 atom stereocenters. The standard InChI is InChI=1S/C16H24F2N8.ClH/c1-4-7-21-14-22-10-11(12(19-2)24-14)23-15(25-13(10)20-3)26-8-5-16(17,18)6-9-26;/h4-9H2,1-3H3,(H,20,23,25)(H2,19,21,22,24);1H. The third-order valence-electron chi connectivity index (χ3n) is 4.32. The van der Waals surface area contributed by atoms with E-state index < -0.39 is 5.92 Å². The third kappa shape index (κ3) is 4.55. The van der Waals surface area contributed by atoms with Crippen LogP contribution in [-0.4, -0.2) is 59.6 Å². The van der Waals surface area contributed by atoms with Crippen molar-refractivity contribution in [1.82, 2.24) is 19.9 Å². The average molecular weight is 403 g/mol. The fraction of sp³-hybridized carbons (Fsp3) is 0.625. The number of nitrogens with one attached hydrogen (secondary N) is 3. The maximum atomic E-state index is 13.4. The number of aromatic nitrogens is 4. The summed E-state index contributed by atoms with van der Waals surface area (Å²) in [6, 6.07) is 0. The van der Waals surface area contributed by atoms with E-state index >= 15 is 0 Å². The molecule has 2 aromatic heterocycles. The van der Waals surface area contributed by atoms with Crippen LogP contribution in [0.15, 0.2) is 0 Å². The lowest BCUT2D eigenvalue weighted by Gasteiger charge is -2.32. The lowest BCUT2D eigenvalue weighted by atomic mass is 10.1. The fourth-order valence-electron chi connectivity index (χ4n) is 2.84. The number of hydrogen-bond donors (Lipinski definition) is 3. The molecule has 0 spiro atoms. The molecule has 3 heterocycles. The van der Waals surface area contributed by atoms with Crippen LogP contribution in [0, 0.1) is 0 Å². The zero-order valence-corrected chi connectivity index (χ0v) is 16.5. The Bertz CT molecular complexity index is 779. The van der Waals surface area contributed by atoms with Crippen LogP contribution in [0.5, 0.6) is 0 Å². The Morgan fingerprint density at radius 2 is 1.56 bits per heavy atom. The van der Waals surface area contributed by atoms with Gasteiger partial charge in [-0.15, -0.1) is 12.4 Å². The van der Waals surface area contributed by atoms with E-state index in [4.69, 9.17) is 0 Å². The Kier molecular flexibility index (Phi) is 6.74. The van der Waals surface area contributed by atoms with E-state index in [1.54, 1.807) is 19.0 Å². The van der Waals surface area contributed by atoms with E-state index in [-0.39, 0.29) is 38.3 Å². The molecule has 0 aromatic carbocycles. The summed E-state index contributed by atoms with van der Waals surface area (Å²) in [6.07, 6.45) is 0.557.